The predicted octanol–water partition coefficient (Wildman–Crippen LogP) is 5.70. The first kappa shape index (κ1) is 19.1. The van der Waals surface area contributed by atoms with Gasteiger partial charge in [0.2, 0.25) is 0 Å². The van der Waals surface area contributed by atoms with Gasteiger partial charge in [-0.1, -0.05) is 52.0 Å². The molecule has 2 aromatic rings. The van der Waals surface area contributed by atoms with Crippen LogP contribution in [-0.4, -0.2) is 23.3 Å². The van der Waals surface area contributed by atoms with Crippen molar-refractivity contribution in [2.75, 3.05) is 22.9 Å². The number of amides is 1. The summed E-state index contributed by atoms with van der Waals surface area (Å²) in [4.78, 5) is 17.4. The molecule has 134 valence electrons. The molecule has 3 nitrogen and oxygen atoms in total. The molecule has 26 heavy (non-hydrogen) atoms. The third-order valence-electron chi connectivity index (χ3n) is 4.20. The maximum absolute atomic E-state index is 12.8. The van der Waals surface area contributed by atoms with Gasteiger partial charge in [0.1, 0.15) is 0 Å². The lowest BCUT2D eigenvalue weighted by molar-refractivity contribution is -0.113. The zero-order chi connectivity index (χ0) is 18.7. The fourth-order valence-corrected chi connectivity index (χ4v) is 4.37. The Bertz CT molecular complexity index is 843. The van der Waals surface area contributed by atoms with E-state index in [2.05, 4.69) is 34.7 Å². The molecule has 0 atom stereocenters. The molecule has 0 radical (unpaired) electrons. The van der Waals surface area contributed by atoms with Gasteiger partial charge in [-0.25, -0.2) is 0 Å². The van der Waals surface area contributed by atoms with Crippen molar-refractivity contribution in [3.05, 3.63) is 63.5 Å². The van der Waals surface area contributed by atoms with Crippen LogP contribution in [0, 0.1) is 0 Å². The Morgan fingerprint density at radius 2 is 1.69 bits per heavy atom. The number of anilines is 2. The van der Waals surface area contributed by atoms with Gasteiger partial charge in [-0.15, -0.1) is 0 Å². The molecular formula is C20H19BrN2OS2. The number of nitrogens with zero attached hydrogens (tertiary/aromatic N) is 2. The molecule has 1 fully saturated rings. The van der Waals surface area contributed by atoms with Gasteiger partial charge in [-0.3, -0.25) is 9.69 Å². The Kier molecular flexibility index (Phi) is 6.16. The highest BCUT2D eigenvalue weighted by molar-refractivity contribution is 9.10. The van der Waals surface area contributed by atoms with E-state index in [1.165, 1.54) is 11.8 Å². The van der Waals surface area contributed by atoms with Crippen LogP contribution in [-0.2, 0) is 4.79 Å². The summed E-state index contributed by atoms with van der Waals surface area (Å²) < 4.78 is 1.57. The van der Waals surface area contributed by atoms with Crippen LogP contribution in [0.4, 0.5) is 11.4 Å². The number of halogens is 1. The standard InChI is InChI=1S/C20H19BrN2OS2/c1-3-22(4-2)16-9-11-17(12-10-16)23-19(24)18(26-20(23)25)13-14-5-7-15(21)8-6-14/h5-13H,3-4H2,1-2H3. The number of hydrogen-bond acceptors (Lipinski definition) is 4. The Labute approximate surface area is 172 Å². The molecule has 0 aliphatic carbocycles. The fraction of sp³-hybridized carbons (Fsp3) is 0.200. The summed E-state index contributed by atoms with van der Waals surface area (Å²) in [6.45, 7) is 6.17. The summed E-state index contributed by atoms with van der Waals surface area (Å²) in [5.41, 5.74) is 2.93. The predicted molar refractivity (Wildman–Crippen MR) is 120 cm³/mol. The molecule has 0 unspecified atom stereocenters. The summed E-state index contributed by atoms with van der Waals surface area (Å²) >= 11 is 10.2. The lowest BCUT2D eigenvalue weighted by Gasteiger charge is -2.22. The minimum atomic E-state index is -0.0708. The van der Waals surface area contributed by atoms with Gasteiger partial charge in [0.15, 0.2) is 4.32 Å². The first-order valence-electron chi connectivity index (χ1n) is 8.42. The molecule has 1 aliphatic heterocycles. The highest BCUT2D eigenvalue weighted by atomic mass is 79.9. The topological polar surface area (TPSA) is 23.6 Å². The van der Waals surface area contributed by atoms with Gasteiger partial charge < -0.3 is 4.90 Å². The largest absolute Gasteiger partial charge is 0.372 e. The first-order chi connectivity index (χ1) is 12.5. The lowest BCUT2D eigenvalue weighted by Crippen LogP contribution is -2.27. The van der Waals surface area contributed by atoms with Crippen molar-refractivity contribution < 1.29 is 4.79 Å². The molecule has 0 bridgehead atoms. The Morgan fingerprint density at radius 3 is 2.27 bits per heavy atom. The van der Waals surface area contributed by atoms with Crippen LogP contribution in [0.5, 0.6) is 0 Å². The molecule has 1 saturated heterocycles. The second-order valence-electron chi connectivity index (χ2n) is 5.76. The Hall–Kier alpha value is -1.63. The van der Waals surface area contributed by atoms with E-state index >= 15 is 0 Å². The van der Waals surface area contributed by atoms with Gasteiger partial charge in [0, 0.05) is 23.2 Å². The number of carbonyl (C=O) groups is 1. The van der Waals surface area contributed by atoms with E-state index in [-0.39, 0.29) is 5.91 Å². The van der Waals surface area contributed by atoms with Gasteiger partial charge in [-0.2, -0.15) is 0 Å². The molecule has 6 heteroatoms. The normalized spacial score (nSPS) is 15.8. The van der Waals surface area contributed by atoms with E-state index in [0.29, 0.717) is 9.23 Å². The van der Waals surface area contributed by atoms with Crippen LogP contribution in [0.15, 0.2) is 57.9 Å². The summed E-state index contributed by atoms with van der Waals surface area (Å²) in [7, 11) is 0. The SMILES string of the molecule is CCN(CC)c1ccc(N2C(=O)C(=Cc3ccc(Br)cc3)SC2=S)cc1. The average molecular weight is 447 g/mol. The Balaban J connectivity index is 1.84. The summed E-state index contributed by atoms with van der Waals surface area (Å²) in [5, 5.41) is 0. The maximum atomic E-state index is 12.8. The molecule has 0 spiro atoms. The van der Waals surface area contributed by atoms with Crippen molar-refractivity contribution >= 4 is 67.6 Å². The number of thiocarbonyl (C=S) groups is 1. The molecule has 1 aliphatic rings. The number of thioether (sulfide) groups is 1. The minimum absolute atomic E-state index is 0.0708. The molecule has 1 amide bonds. The van der Waals surface area contributed by atoms with Gasteiger partial charge in [0.25, 0.3) is 5.91 Å². The van der Waals surface area contributed by atoms with Gasteiger partial charge in [-0.05, 0) is 61.9 Å². The van der Waals surface area contributed by atoms with Crippen molar-refractivity contribution in [3.63, 3.8) is 0 Å². The molecule has 2 aromatic carbocycles. The average Bonchev–Trinajstić information content (AvgIpc) is 2.92. The second-order valence-corrected chi connectivity index (χ2v) is 8.35. The molecule has 0 N–H and O–H groups in total. The highest BCUT2D eigenvalue weighted by Gasteiger charge is 2.33. The van der Waals surface area contributed by atoms with Crippen molar-refractivity contribution in [2.24, 2.45) is 0 Å². The minimum Gasteiger partial charge on any atom is -0.372 e. The third-order valence-corrected chi connectivity index (χ3v) is 6.03. The monoisotopic (exact) mass is 446 g/mol. The van der Waals surface area contributed by atoms with Crippen molar-refractivity contribution in [3.8, 4) is 0 Å². The first-order valence-corrected chi connectivity index (χ1v) is 10.4. The van der Waals surface area contributed by atoms with Crippen LogP contribution >= 0.6 is 39.9 Å². The maximum Gasteiger partial charge on any atom is 0.270 e. The number of rotatable bonds is 5. The fourth-order valence-electron chi connectivity index (χ4n) is 2.80. The van der Waals surface area contributed by atoms with E-state index in [1.54, 1.807) is 4.90 Å². The van der Waals surface area contributed by atoms with Crippen LogP contribution in [0.3, 0.4) is 0 Å². The summed E-state index contributed by atoms with van der Waals surface area (Å²) in [6.07, 6.45) is 1.88. The van der Waals surface area contributed by atoms with E-state index in [9.17, 15) is 4.79 Å². The quantitative estimate of drug-likeness (QED) is 0.433. The third kappa shape index (κ3) is 4.03. The van der Waals surface area contributed by atoms with E-state index in [0.717, 1.165) is 34.5 Å². The second kappa shape index (κ2) is 8.37. The Morgan fingerprint density at radius 1 is 1.08 bits per heavy atom. The van der Waals surface area contributed by atoms with Gasteiger partial charge in [0.05, 0.1) is 10.6 Å². The molecule has 3 rings (SSSR count). The number of benzene rings is 2. The highest BCUT2D eigenvalue weighted by Crippen LogP contribution is 2.36. The zero-order valence-corrected chi connectivity index (χ0v) is 17.8. The summed E-state index contributed by atoms with van der Waals surface area (Å²) in [5.74, 6) is -0.0708. The van der Waals surface area contributed by atoms with Crippen LogP contribution in [0.2, 0.25) is 0 Å². The van der Waals surface area contributed by atoms with Crippen molar-refractivity contribution in [1.82, 2.24) is 0 Å². The summed E-state index contributed by atoms with van der Waals surface area (Å²) in [6, 6.07) is 15.8. The van der Waals surface area contributed by atoms with Gasteiger partial charge >= 0.3 is 0 Å². The van der Waals surface area contributed by atoms with Crippen molar-refractivity contribution in [2.45, 2.75) is 13.8 Å². The van der Waals surface area contributed by atoms with Crippen LogP contribution in [0.1, 0.15) is 19.4 Å². The molecular weight excluding hydrogens is 428 g/mol. The molecule has 1 heterocycles. The lowest BCUT2D eigenvalue weighted by atomic mass is 10.2. The van der Waals surface area contributed by atoms with E-state index in [1.807, 2.05) is 54.6 Å². The van der Waals surface area contributed by atoms with Crippen LogP contribution < -0.4 is 9.80 Å². The molecule has 0 aromatic heterocycles. The van der Waals surface area contributed by atoms with Crippen LogP contribution in [0.25, 0.3) is 6.08 Å². The molecule has 0 saturated carbocycles. The zero-order valence-electron chi connectivity index (χ0n) is 14.6. The smallest absolute Gasteiger partial charge is 0.270 e. The number of carbonyl (C=O) groups excluding carboxylic acids is 1. The van der Waals surface area contributed by atoms with E-state index < -0.39 is 0 Å². The van der Waals surface area contributed by atoms with Crippen molar-refractivity contribution in [1.29, 1.82) is 0 Å². The van der Waals surface area contributed by atoms with E-state index in [4.69, 9.17) is 12.2 Å². The number of hydrogen-bond donors (Lipinski definition) is 0.